The molecule has 0 amide bonds. The van der Waals surface area contributed by atoms with Crippen molar-refractivity contribution >= 4 is 11.3 Å². The average Bonchev–Trinajstić information content (AvgIpc) is 2.52. The van der Waals surface area contributed by atoms with E-state index in [9.17, 15) is 0 Å². The maximum atomic E-state index is 5.56. The van der Waals surface area contributed by atoms with Crippen LogP contribution in [-0.4, -0.2) is 13.2 Å². The fourth-order valence-electron chi connectivity index (χ4n) is 1.87. The summed E-state index contributed by atoms with van der Waals surface area (Å²) >= 11 is 0. The first kappa shape index (κ1) is 14.2. The van der Waals surface area contributed by atoms with Crippen LogP contribution in [0.5, 0.6) is 5.75 Å². The van der Waals surface area contributed by atoms with Crippen molar-refractivity contribution in [1.82, 2.24) is 0 Å². The molecule has 104 valence electrons. The predicted molar refractivity (Wildman–Crippen MR) is 86.2 cm³/mol. The van der Waals surface area contributed by atoms with Gasteiger partial charge in [-0.1, -0.05) is 43.8 Å². The third-order valence-electron chi connectivity index (χ3n) is 3.02. The molecule has 0 fully saturated rings. The predicted octanol–water partition coefficient (Wildman–Crippen LogP) is 4.60. The quantitative estimate of drug-likeness (QED) is 0.791. The van der Waals surface area contributed by atoms with Crippen molar-refractivity contribution < 1.29 is 4.74 Å². The van der Waals surface area contributed by atoms with E-state index in [1.54, 1.807) is 0 Å². The van der Waals surface area contributed by atoms with Crippen LogP contribution < -0.4 is 10.1 Å². The molecule has 2 rings (SSSR count). The van der Waals surface area contributed by atoms with E-state index in [4.69, 9.17) is 4.74 Å². The summed E-state index contributed by atoms with van der Waals surface area (Å²) in [6, 6.07) is 18.3. The van der Waals surface area contributed by atoms with Gasteiger partial charge in [-0.2, -0.15) is 0 Å². The summed E-state index contributed by atoms with van der Waals surface area (Å²) in [6.07, 6.45) is 1.02. The van der Waals surface area contributed by atoms with E-state index < -0.39 is 0 Å². The largest absolute Gasteiger partial charge is 0.494 e. The Morgan fingerprint density at radius 3 is 2.40 bits per heavy atom. The number of anilines is 1. The van der Waals surface area contributed by atoms with Crippen LogP contribution in [0.3, 0.4) is 0 Å². The summed E-state index contributed by atoms with van der Waals surface area (Å²) in [6.45, 7) is 7.71. The van der Waals surface area contributed by atoms with Crippen LogP contribution in [-0.2, 0) is 0 Å². The van der Waals surface area contributed by atoms with Crippen molar-refractivity contribution in [2.45, 2.75) is 13.3 Å². The lowest BCUT2D eigenvalue weighted by atomic mass is 10.1. The highest BCUT2D eigenvalue weighted by Gasteiger charge is 1.99. The van der Waals surface area contributed by atoms with Crippen LogP contribution in [0.1, 0.15) is 18.9 Å². The van der Waals surface area contributed by atoms with Gasteiger partial charge in [0.1, 0.15) is 5.75 Å². The second-order valence-corrected chi connectivity index (χ2v) is 4.70. The smallest absolute Gasteiger partial charge is 0.119 e. The molecule has 2 nitrogen and oxygen atoms in total. The van der Waals surface area contributed by atoms with E-state index in [0.29, 0.717) is 0 Å². The van der Waals surface area contributed by atoms with Gasteiger partial charge in [-0.15, -0.1) is 0 Å². The minimum atomic E-state index is 0.735. The molecule has 20 heavy (non-hydrogen) atoms. The Kier molecular flexibility index (Phi) is 5.24. The normalized spacial score (nSPS) is 10.1. The molecular weight excluding hydrogens is 246 g/mol. The van der Waals surface area contributed by atoms with E-state index in [1.807, 2.05) is 42.5 Å². The minimum Gasteiger partial charge on any atom is -0.494 e. The summed E-state index contributed by atoms with van der Waals surface area (Å²) in [7, 11) is 0. The molecule has 2 aromatic rings. The van der Waals surface area contributed by atoms with Crippen molar-refractivity contribution in [2.24, 2.45) is 0 Å². The molecule has 0 radical (unpaired) electrons. The maximum Gasteiger partial charge on any atom is 0.119 e. The molecule has 0 aliphatic heterocycles. The molecule has 0 aromatic heterocycles. The van der Waals surface area contributed by atoms with E-state index in [-0.39, 0.29) is 0 Å². The van der Waals surface area contributed by atoms with Crippen molar-refractivity contribution in [1.29, 1.82) is 0 Å². The average molecular weight is 267 g/mol. The van der Waals surface area contributed by atoms with Crippen LogP contribution in [0, 0.1) is 0 Å². The Bertz CT molecular complexity index is 531. The highest BCUT2D eigenvalue weighted by molar-refractivity contribution is 5.67. The highest BCUT2D eigenvalue weighted by atomic mass is 16.5. The Morgan fingerprint density at radius 1 is 1.05 bits per heavy atom. The minimum absolute atomic E-state index is 0.735. The zero-order valence-corrected chi connectivity index (χ0v) is 11.9. The molecule has 0 unspecified atom stereocenters. The Hall–Kier alpha value is -2.22. The Morgan fingerprint density at radius 2 is 1.75 bits per heavy atom. The van der Waals surface area contributed by atoms with Crippen molar-refractivity contribution in [3.63, 3.8) is 0 Å². The van der Waals surface area contributed by atoms with Gasteiger partial charge in [-0.3, -0.25) is 0 Å². The summed E-state index contributed by atoms with van der Waals surface area (Å²) in [5.74, 6) is 0.916. The van der Waals surface area contributed by atoms with Crippen LogP contribution >= 0.6 is 0 Å². The van der Waals surface area contributed by atoms with E-state index in [2.05, 4.69) is 31.0 Å². The number of hydrogen-bond acceptors (Lipinski definition) is 2. The van der Waals surface area contributed by atoms with Gasteiger partial charge in [0.05, 0.1) is 6.61 Å². The molecule has 2 aromatic carbocycles. The number of benzene rings is 2. The first-order valence-electron chi connectivity index (χ1n) is 6.99. The van der Waals surface area contributed by atoms with Crippen molar-refractivity contribution in [2.75, 3.05) is 18.5 Å². The SMILES string of the molecule is C=C(CNc1ccc(OCCC)cc1)c1ccccc1. The topological polar surface area (TPSA) is 21.3 Å². The zero-order valence-electron chi connectivity index (χ0n) is 11.9. The van der Waals surface area contributed by atoms with Gasteiger partial charge in [0, 0.05) is 12.2 Å². The van der Waals surface area contributed by atoms with Crippen LogP contribution in [0.4, 0.5) is 5.69 Å². The fraction of sp³-hybridized carbons (Fsp3) is 0.222. The number of ether oxygens (including phenoxy) is 1. The maximum absolute atomic E-state index is 5.56. The molecule has 2 heteroatoms. The van der Waals surface area contributed by atoms with Crippen LogP contribution in [0.2, 0.25) is 0 Å². The number of nitrogens with one attached hydrogen (secondary N) is 1. The van der Waals surface area contributed by atoms with Gasteiger partial charge in [-0.05, 0) is 41.8 Å². The van der Waals surface area contributed by atoms with E-state index >= 15 is 0 Å². The van der Waals surface area contributed by atoms with Crippen molar-refractivity contribution in [3.8, 4) is 5.75 Å². The van der Waals surface area contributed by atoms with Gasteiger partial charge < -0.3 is 10.1 Å². The second-order valence-electron chi connectivity index (χ2n) is 4.70. The fourth-order valence-corrected chi connectivity index (χ4v) is 1.87. The monoisotopic (exact) mass is 267 g/mol. The van der Waals surface area contributed by atoms with Gasteiger partial charge >= 0.3 is 0 Å². The van der Waals surface area contributed by atoms with Gasteiger partial charge in [0.25, 0.3) is 0 Å². The first-order chi connectivity index (χ1) is 9.79. The molecule has 0 saturated heterocycles. The number of hydrogen-bond donors (Lipinski definition) is 1. The second kappa shape index (κ2) is 7.39. The third kappa shape index (κ3) is 4.16. The van der Waals surface area contributed by atoms with Gasteiger partial charge in [0.2, 0.25) is 0 Å². The molecule has 1 N–H and O–H groups in total. The lowest BCUT2D eigenvalue weighted by molar-refractivity contribution is 0.317. The molecule has 0 atom stereocenters. The summed E-state index contributed by atoms with van der Waals surface area (Å²) in [5, 5.41) is 3.37. The summed E-state index contributed by atoms with van der Waals surface area (Å²) in [5.41, 5.74) is 3.32. The molecular formula is C18H21NO. The van der Waals surface area contributed by atoms with E-state index in [1.165, 1.54) is 5.56 Å². The molecule has 0 saturated carbocycles. The van der Waals surface area contributed by atoms with Crippen molar-refractivity contribution in [3.05, 3.63) is 66.7 Å². The number of rotatable bonds is 7. The standard InChI is InChI=1S/C18H21NO/c1-3-13-20-18-11-9-17(10-12-18)19-14-15(2)16-7-5-4-6-8-16/h4-12,19H,2-3,13-14H2,1H3. The lowest BCUT2D eigenvalue weighted by Crippen LogP contribution is -2.03. The molecule has 0 spiro atoms. The first-order valence-corrected chi connectivity index (χ1v) is 6.99. The summed E-state index contributed by atoms with van der Waals surface area (Å²) in [4.78, 5) is 0. The zero-order chi connectivity index (χ0) is 14.2. The molecule has 0 heterocycles. The highest BCUT2D eigenvalue weighted by Crippen LogP contribution is 2.17. The van der Waals surface area contributed by atoms with Crippen LogP contribution in [0.15, 0.2) is 61.2 Å². The van der Waals surface area contributed by atoms with Crippen LogP contribution in [0.25, 0.3) is 5.57 Å². The Balaban J connectivity index is 1.86. The lowest BCUT2D eigenvalue weighted by Gasteiger charge is -2.10. The third-order valence-corrected chi connectivity index (χ3v) is 3.02. The molecule has 0 aliphatic rings. The van der Waals surface area contributed by atoms with E-state index in [0.717, 1.165) is 36.6 Å². The van der Waals surface area contributed by atoms with Gasteiger partial charge in [-0.25, -0.2) is 0 Å². The Labute approximate surface area is 121 Å². The summed E-state index contributed by atoms with van der Waals surface area (Å²) < 4.78 is 5.56. The molecule has 0 aliphatic carbocycles. The van der Waals surface area contributed by atoms with Gasteiger partial charge in [0.15, 0.2) is 0 Å². The molecule has 0 bridgehead atoms.